The molecule has 1 aliphatic rings. The molecule has 2 heterocycles. The number of nitrogens with zero attached hydrogens (tertiary/aromatic N) is 2. The van der Waals surface area contributed by atoms with E-state index in [1.165, 1.54) is 11.8 Å². The number of ketones is 1. The first kappa shape index (κ1) is 22.3. The zero-order chi connectivity index (χ0) is 22.7. The predicted octanol–water partition coefficient (Wildman–Crippen LogP) is 2.35. The van der Waals surface area contributed by atoms with Crippen LogP contribution < -0.4 is 0 Å². The Morgan fingerprint density at radius 2 is 1.55 bits per heavy atom. The van der Waals surface area contributed by atoms with Gasteiger partial charge in [-0.2, -0.15) is 0 Å². The fourth-order valence-corrected chi connectivity index (χ4v) is 3.74. The van der Waals surface area contributed by atoms with Crippen LogP contribution >= 0.6 is 0 Å². The van der Waals surface area contributed by atoms with Gasteiger partial charge >= 0.3 is 5.97 Å². The van der Waals surface area contributed by atoms with Crippen LogP contribution in [0.15, 0.2) is 24.3 Å². The Hall–Kier alpha value is -3.42. The van der Waals surface area contributed by atoms with Crippen LogP contribution in [0.3, 0.4) is 0 Å². The largest absolute Gasteiger partial charge is 0.462 e. The Labute approximate surface area is 181 Å². The number of aromatic amines is 1. The van der Waals surface area contributed by atoms with Crippen LogP contribution in [0.2, 0.25) is 0 Å². The van der Waals surface area contributed by atoms with E-state index in [9.17, 15) is 19.2 Å². The minimum absolute atomic E-state index is 0.0563. The van der Waals surface area contributed by atoms with E-state index in [-0.39, 0.29) is 36.9 Å². The fourth-order valence-electron chi connectivity index (χ4n) is 3.74. The van der Waals surface area contributed by atoms with Gasteiger partial charge in [0.05, 0.1) is 12.2 Å². The zero-order valence-electron chi connectivity index (χ0n) is 18.3. The number of carbonyl (C=O) groups is 4. The van der Waals surface area contributed by atoms with Crippen molar-refractivity contribution < 1.29 is 23.9 Å². The predicted molar refractivity (Wildman–Crippen MR) is 115 cm³/mol. The molecule has 3 rings (SSSR count). The third kappa shape index (κ3) is 4.52. The summed E-state index contributed by atoms with van der Waals surface area (Å²) in [5.74, 6) is -1.98. The summed E-state index contributed by atoms with van der Waals surface area (Å²) in [4.78, 5) is 56.4. The van der Waals surface area contributed by atoms with Gasteiger partial charge in [-0.15, -0.1) is 0 Å². The van der Waals surface area contributed by atoms with Crippen molar-refractivity contribution in [2.45, 2.75) is 27.7 Å². The molecule has 0 radical (unpaired) electrons. The summed E-state index contributed by atoms with van der Waals surface area (Å²) in [6.07, 6.45) is 0. The standard InChI is InChI=1S/C23H27N3O5/c1-5-31-23(30)18-15(3)24-20(19(18)17-8-6-14(2)7-9-17)21(28)22(29)26-12-10-25(11-13-26)16(4)27/h6-9,24H,5,10-13H2,1-4H3. The number of benzene rings is 1. The number of rotatable bonds is 5. The van der Waals surface area contributed by atoms with Crippen molar-refractivity contribution in [2.75, 3.05) is 32.8 Å². The van der Waals surface area contributed by atoms with Gasteiger partial charge in [-0.25, -0.2) is 4.79 Å². The highest BCUT2D eigenvalue weighted by atomic mass is 16.5. The maximum Gasteiger partial charge on any atom is 0.340 e. The lowest BCUT2D eigenvalue weighted by atomic mass is 9.97. The van der Waals surface area contributed by atoms with E-state index in [1.54, 1.807) is 18.7 Å². The van der Waals surface area contributed by atoms with Gasteiger partial charge in [0.2, 0.25) is 5.91 Å². The minimum Gasteiger partial charge on any atom is -0.462 e. The van der Waals surface area contributed by atoms with Crippen molar-refractivity contribution in [1.29, 1.82) is 0 Å². The lowest BCUT2D eigenvalue weighted by Gasteiger charge is -2.33. The fraction of sp³-hybridized carbons (Fsp3) is 0.391. The van der Waals surface area contributed by atoms with Gasteiger partial charge < -0.3 is 19.5 Å². The summed E-state index contributed by atoms with van der Waals surface area (Å²) in [6, 6.07) is 7.38. The summed E-state index contributed by atoms with van der Waals surface area (Å²) in [7, 11) is 0. The Kier molecular flexibility index (Phi) is 6.58. The number of carbonyl (C=O) groups excluding carboxylic acids is 4. The monoisotopic (exact) mass is 425 g/mol. The van der Waals surface area contributed by atoms with E-state index in [0.717, 1.165) is 5.56 Å². The van der Waals surface area contributed by atoms with E-state index in [4.69, 9.17) is 4.74 Å². The normalized spacial score (nSPS) is 13.8. The molecule has 1 aliphatic heterocycles. The van der Waals surface area contributed by atoms with Gasteiger partial charge in [-0.1, -0.05) is 29.8 Å². The minimum atomic E-state index is -0.717. The quantitative estimate of drug-likeness (QED) is 0.450. The van der Waals surface area contributed by atoms with Gasteiger partial charge in [-0.3, -0.25) is 14.4 Å². The van der Waals surface area contributed by atoms with Crippen molar-refractivity contribution in [3.8, 4) is 11.1 Å². The van der Waals surface area contributed by atoms with Crippen LogP contribution in [0, 0.1) is 13.8 Å². The van der Waals surface area contributed by atoms with E-state index in [1.807, 2.05) is 31.2 Å². The average molecular weight is 425 g/mol. The summed E-state index contributed by atoms with van der Waals surface area (Å²) in [5.41, 5.74) is 2.84. The van der Waals surface area contributed by atoms with Gasteiger partial charge in [0, 0.05) is 44.4 Å². The molecule has 1 aromatic heterocycles. The number of esters is 1. The molecule has 8 nitrogen and oxygen atoms in total. The highest BCUT2D eigenvalue weighted by Crippen LogP contribution is 2.32. The second kappa shape index (κ2) is 9.16. The summed E-state index contributed by atoms with van der Waals surface area (Å²) in [6.45, 7) is 8.35. The highest BCUT2D eigenvalue weighted by Gasteiger charge is 2.33. The number of nitrogens with one attached hydrogen (secondary N) is 1. The molecule has 0 saturated carbocycles. The van der Waals surface area contributed by atoms with Crippen LogP contribution in [-0.4, -0.2) is 71.1 Å². The third-order valence-electron chi connectivity index (χ3n) is 5.44. The molecule has 8 heteroatoms. The van der Waals surface area contributed by atoms with Crippen molar-refractivity contribution >= 4 is 23.6 Å². The molecule has 0 spiro atoms. The molecule has 164 valence electrons. The number of aryl methyl sites for hydroxylation is 2. The second-order valence-corrected chi connectivity index (χ2v) is 7.59. The van der Waals surface area contributed by atoms with Crippen LogP contribution in [0.5, 0.6) is 0 Å². The Morgan fingerprint density at radius 3 is 2.10 bits per heavy atom. The van der Waals surface area contributed by atoms with Crippen molar-refractivity contribution in [3.63, 3.8) is 0 Å². The maximum absolute atomic E-state index is 13.2. The Bertz CT molecular complexity index is 1010. The topological polar surface area (TPSA) is 99.8 Å². The Balaban J connectivity index is 1.98. The number of H-pyrrole nitrogens is 1. The first-order valence-corrected chi connectivity index (χ1v) is 10.3. The van der Waals surface area contributed by atoms with E-state index in [0.29, 0.717) is 29.9 Å². The molecule has 0 aliphatic carbocycles. The number of piperazine rings is 1. The van der Waals surface area contributed by atoms with Crippen LogP contribution in [0.25, 0.3) is 11.1 Å². The number of hydrogen-bond donors (Lipinski definition) is 1. The van der Waals surface area contributed by atoms with E-state index >= 15 is 0 Å². The molecule has 0 unspecified atom stereocenters. The summed E-state index contributed by atoms with van der Waals surface area (Å²) >= 11 is 0. The Morgan fingerprint density at radius 1 is 0.968 bits per heavy atom. The molecule has 1 fully saturated rings. The highest BCUT2D eigenvalue weighted by molar-refractivity contribution is 6.43. The molecule has 1 aromatic carbocycles. The molecule has 31 heavy (non-hydrogen) atoms. The number of hydrogen-bond acceptors (Lipinski definition) is 5. The zero-order valence-corrected chi connectivity index (χ0v) is 18.3. The van der Waals surface area contributed by atoms with Crippen molar-refractivity contribution in [2.24, 2.45) is 0 Å². The average Bonchev–Trinajstić information content (AvgIpc) is 3.10. The maximum atomic E-state index is 13.2. The molecule has 0 bridgehead atoms. The van der Waals surface area contributed by atoms with Gasteiger partial charge in [0.15, 0.2) is 0 Å². The number of ether oxygens (including phenoxy) is 1. The lowest BCUT2D eigenvalue weighted by Crippen LogP contribution is -2.51. The first-order chi connectivity index (χ1) is 14.7. The van der Waals surface area contributed by atoms with Crippen LogP contribution in [0.1, 0.15) is 46.0 Å². The van der Waals surface area contributed by atoms with Crippen molar-refractivity contribution in [1.82, 2.24) is 14.8 Å². The molecular formula is C23H27N3O5. The van der Waals surface area contributed by atoms with Crippen LogP contribution in [0.4, 0.5) is 0 Å². The van der Waals surface area contributed by atoms with E-state index in [2.05, 4.69) is 4.98 Å². The summed E-state index contributed by atoms with van der Waals surface area (Å²) in [5, 5.41) is 0. The molecule has 1 N–H and O–H groups in total. The molecule has 2 aromatic rings. The molecule has 2 amide bonds. The van der Waals surface area contributed by atoms with Crippen molar-refractivity contribution in [3.05, 3.63) is 46.8 Å². The van der Waals surface area contributed by atoms with Crippen LogP contribution in [-0.2, 0) is 14.3 Å². The smallest absolute Gasteiger partial charge is 0.340 e. The van der Waals surface area contributed by atoms with E-state index < -0.39 is 17.7 Å². The SMILES string of the molecule is CCOC(=O)c1c(C)[nH]c(C(=O)C(=O)N2CCN(C(C)=O)CC2)c1-c1ccc(C)cc1. The second-order valence-electron chi connectivity index (χ2n) is 7.59. The first-order valence-electron chi connectivity index (χ1n) is 10.3. The number of Topliss-reactive ketones (excluding diaryl/α,β-unsaturated/α-hetero) is 1. The molecule has 1 saturated heterocycles. The number of amides is 2. The van der Waals surface area contributed by atoms with Gasteiger partial charge in [-0.05, 0) is 26.3 Å². The lowest BCUT2D eigenvalue weighted by molar-refractivity contribution is -0.135. The summed E-state index contributed by atoms with van der Waals surface area (Å²) < 4.78 is 5.20. The molecule has 0 atom stereocenters. The van der Waals surface area contributed by atoms with Gasteiger partial charge in [0.25, 0.3) is 11.7 Å². The van der Waals surface area contributed by atoms with Gasteiger partial charge in [0.1, 0.15) is 5.69 Å². The third-order valence-corrected chi connectivity index (χ3v) is 5.44. The number of aromatic nitrogens is 1. The molecular weight excluding hydrogens is 398 g/mol.